The van der Waals surface area contributed by atoms with Crippen LogP contribution in [0.5, 0.6) is 0 Å². The predicted octanol–water partition coefficient (Wildman–Crippen LogP) is 1.44. The van der Waals surface area contributed by atoms with Gasteiger partial charge >= 0.3 is 0 Å². The first kappa shape index (κ1) is 22.5. The molecule has 0 saturated carbocycles. The molecule has 11 nitrogen and oxygen atoms in total. The lowest BCUT2D eigenvalue weighted by Gasteiger charge is -2.30. The number of hydrazine groups is 1. The van der Waals surface area contributed by atoms with Gasteiger partial charge in [-0.2, -0.15) is 0 Å². The second-order valence-electron chi connectivity index (χ2n) is 6.92. The Morgan fingerprint density at radius 3 is 2.48 bits per heavy atom. The Hall–Kier alpha value is -3.22. The number of carbonyl (C=O) groups excluding carboxylic acids is 1. The maximum Gasteiger partial charge on any atom is 0.294 e. The summed E-state index contributed by atoms with van der Waals surface area (Å²) < 4.78 is 31.5. The topological polar surface area (TPSA) is 134 Å². The Morgan fingerprint density at radius 2 is 1.84 bits per heavy atom. The Kier molecular flexibility index (Phi) is 6.73. The number of amides is 1. The average Bonchev–Trinajstić information content (AvgIpc) is 2.77. The highest BCUT2D eigenvalue weighted by molar-refractivity contribution is 7.89. The van der Waals surface area contributed by atoms with Crippen molar-refractivity contribution in [1.29, 1.82) is 0 Å². The zero-order valence-electron chi connectivity index (χ0n) is 17.1. The maximum absolute atomic E-state index is 13.0. The molecule has 2 aromatic rings. The summed E-state index contributed by atoms with van der Waals surface area (Å²) in [6.07, 6.45) is 0. The van der Waals surface area contributed by atoms with Crippen LogP contribution in [0.1, 0.15) is 10.4 Å². The van der Waals surface area contributed by atoms with Crippen molar-refractivity contribution < 1.29 is 22.9 Å². The highest BCUT2D eigenvalue weighted by atomic mass is 32.2. The van der Waals surface area contributed by atoms with Gasteiger partial charge in [0.05, 0.1) is 28.6 Å². The number of nitrogens with zero attached hydrogens (tertiary/aromatic N) is 3. The summed E-state index contributed by atoms with van der Waals surface area (Å²) in [6, 6.07) is 10.2. The van der Waals surface area contributed by atoms with Crippen LogP contribution < -0.4 is 15.8 Å². The van der Waals surface area contributed by atoms with Crippen molar-refractivity contribution >= 4 is 33.0 Å². The van der Waals surface area contributed by atoms with E-state index in [1.165, 1.54) is 44.4 Å². The van der Waals surface area contributed by atoms with Gasteiger partial charge in [-0.1, -0.05) is 12.1 Å². The summed E-state index contributed by atoms with van der Waals surface area (Å²) in [5.74, 6) is -0.629. The van der Waals surface area contributed by atoms with E-state index in [2.05, 4.69) is 10.9 Å². The van der Waals surface area contributed by atoms with E-state index in [9.17, 15) is 23.3 Å². The SMILES string of the molecule is CN(C)S(=O)(=O)c1ccc(N2CCOCC2)c(C(=O)NNc2ccccc2[N+](=O)[O-])c1. The van der Waals surface area contributed by atoms with E-state index in [0.29, 0.717) is 32.0 Å². The Bertz CT molecular complexity index is 1080. The number of anilines is 2. The molecule has 0 spiro atoms. The van der Waals surface area contributed by atoms with Gasteiger partial charge in [-0.3, -0.25) is 25.8 Å². The summed E-state index contributed by atoms with van der Waals surface area (Å²) in [5.41, 5.74) is 5.56. The summed E-state index contributed by atoms with van der Waals surface area (Å²) in [4.78, 5) is 25.5. The standard InChI is InChI=1S/C19H23N5O6S/c1-22(2)31(28,29)14-7-8-17(23-9-11-30-12-10-23)15(13-14)19(25)21-20-16-5-3-4-6-18(16)24(26)27/h3-8,13,20H,9-12H2,1-2H3,(H,21,25). The van der Waals surface area contributed by atoms with Crippen molar-refractivity contribution in [3.05, 3.63) is 58.1 Å². The molecule has 1 heterocycles. The number of nitro benzene ring substituents is 1. The maximum atomic E-state index is 13.0. The number of sulfonamides is 1. The first-order chi connectivity index (χ1) is 14.7. The van der Waals surface area contributed by atoms with Crippen LogP contribution in [0.3, 0.4) is 0 Å². The van der Waals surface area contributed by atoms with Crippen molar-refractivity contribution in [3.63, 3.8) is 0 Å². The van der Waals surface area contributed by atoms with Gasteiger partial charge in [0.15, 0.2) is 0 Å². The Labute approximate surface area is 179 Å². The zero-order valence-corrected chi connectivity index (χ0v) is 17.9. The van der Waals surface area contributed by atoms with Crippen molar-refractivity contribution in [1.82, 2.24) is 9.73 Å². The zero-order chi connectivity index (χ0) is 22.6. The van der Waals surface area contributed by atoms with Crippen LogP contribution in [-0.2, 0) is 14.8 Å². The third-order valence-corrected chi connectivity index (χ3v) is 6.57. The van der Waals surface area contributed by atoms with Crippen LogP contribution >= 0.6 is 0 Å². The summed E-state index contributed by atoms with van der Waals surface area (Å²) in [5, 5.41) is 11.2. The fourth-order valence-corrected chi connectivity index (χ4v) is 4.01. The van der Waals surface area contributed by atoms with Crippen molar-refractivity contribution in [2.45, 2.75) is 4.90 Å². The number of para-hydroxylation sites is 2. The molecule has 12 heteroatoms. The van der Waals surface area contributed by atoms with E-state index in [0.717, 1.165) is 4.31 Å². The van der Waals surface area contributed by atoms with Gasteiger partial charge in [-0.05, 0) is 24.3 Å². The molecule has 1 aliphatic heterocycles. The number of carbonyl (C=O) groups is 1. The van der Waals surface area contributed by atoms with E-state index in [1.807, 2.05) is 4.90 Å². The van der Waals surface area contributed by atoms with E-state index in [-0.39, 0.29) is 21.8 Å². The molecule has 0 unspecified atom stereocenters. The molecule has 2 aromatic carbocycles. The number of rotatable bonds is 7. The smallest absolute Gasteiger partial charge is 0.294 e. The van der Waals surface area contributed by atoms with Gasteiger partial charge in [-0.25, -0.2) is 12.7 Å². The Balaban J connectivity index is 1.94. The van der Waals surface area contributed by atoms with Crippen molar-refractivity contribution in [2.24, 2.45) is 0 Å². The molecule has 2 N–H and O–H groups in total. The number of ether oxygens (including phenoxy) is 1. The molecule has 0 radical (unpaired) electrons. The van der Waals surface area contributed by atoms with Gasteiger partial charge in [0.1, 0.15) is 5.69 Å². The van der Waals surface area contributed by atoms with Gasteiger partial charge in [-0.15, -0.1) is 0 Å². The summed E-state index contributed by atoms with van der Waals surface area (Å²) in [7, 11) is -0.957. The summed E-state index contributed by atoms with van der Waals surface area (Å²) in [6.45, 7) is 2.04. The lowest BCUT2D eigenvalue weighted by molar-refractivity contribution is -0.384. The minimum Gasteiger partial charge on any atom is -0.378 e. The predicted molar refractivity (Wildman–Crippen MR) is 115 cm³/mol. The third kappa shape index (κ3) is 4.93. The first-order valence-electron chi connectivity index (χ1n) is 9.41. The first-order valence-corrected chi connectivity index (χ1v) is 10.8. The minimum absolute atomic E-state index is 0.0367. The van der Waals surface area contributed by atoms with Crippen LogP contribution in [0.4, 0.5) is 17.1 Å². The van der Waals surface area contributed by atoms with Gasteiger partial charge in [0.25, 0.3) is 11.6 Å². The van der Waals surface area contributed by atoms with E-state index < -0.39 is 20.9 Å². The molecule has 3 rings (SSSR count). The second kappa shape index (κ2) is 9.29. The number of hydrogen-bond donors (Lipinski definition) is 2. The minimum atomic E-state index is -3.77. The molecule has 0 aromatic heterocycles. The third-order valence-electron chi connectivity index (χ3n) is 4.75. The van der Waals surface area contributed by atoms with Crippen LogP contribution in [0.15, 0.2) is 47.4 Å². The number of hydrogen-bond acceptors (Lipinski definition) is 8. The van der Waals surface area contributed by atoms with Crippen LogP contribution in [0, 0.1) is 10.1 Å². The molecule has 1 fully saturated rings. The summed E-state index contributed by atoms with van der Waals surface area (Å²) >= 11 is 0. The van der Waals surface area contributed by atoms with Gasteiger partial charge < -0.3 is 9.64 Å². The van der Waals surface area contributed by atoms with Gasteiger partial charge in [0.2, 0.25) is 10.0 Å². The fraction of sp³-hybridized carbons (Fsp3) is 0.316. The highest BCUT2D eigenvalue weighted by Crippen LogP contribution is 2.27. The molecule has 0 aliphatic carbocycles. The van der Waals surface area contributed by atoms with E-state index in [1.54, 1.807) is 12.1 Å². The van der Waals surface area contributed by atoms with E-state index in [4.69, 9.17) is 4.74 Å². The van der Waals surface area contributed by atoms with Gasteiger partial charge in [0, 0.05) is 38.9 Å². The van der Waals surface area contributed by atoms with E-state index >= 15 is 0 Å². The molecule has 1 saturated heterocycles. The molecule has 0 bridgehead atoms. The number of nitrogens with one attached hydrogen (secondary N) is 2. The quantitative estimate of drug-likeness (QED) is 0.479. The average molecular weight is 449 g/mol. The van der Waals surface area contributed by atoms with Crippen molar-refractivity contribution in [3.8, 4) is 0 Å². The number of benzene rings is 2. The molecule has 1 amide bonds. The molecular weight excluding hydrogens is 426 g/mol. The molecule has 166 valence electrons. The lowest BCUT2D eigenvalue weighted by Crippen LogP contribution is -2.38. The highest BCUT2D eigenvalue weighted by Gasteiger charge is 2.24. The second-order valence-corrected chi connectivity index (χ2v) is 9.07. The van der Waals surface area contributed by atoms with Crippen molar-refractivity contribution in [2.75, 3.05) is 50.7 Å². The molecule has 1 aliphatic rings. The lowest BCUT2D eigenvalue weighted by atomic mass is 10.1. The fourth-order valence-electron chi connectivity index (χ4n) is 3.08. The Morgan fingerprint density at radius 1 is 1.16 bits per heavy atom. The molecule has 31 heavy (non-hydrogen) atoms. The van der Waals surface area contributed by atoms with Crippen LogP contribution in [0.2, 0.25) is 0 Å². The normalized spacial score (nSPS) is 14.4. The number of nitro groups is 1. The monoisotopic (exact) mass is 449 g/mol. The number of morpholine rings is 1. The molecular formula is C19H23N5O6S. The van der Waals surface area contributed by atoms with Crippen LogP contribution in [-0.4, -0.2) is 64.0 Å². The largest absolute Gasteiger partial charge is 0.378 e. The van der Waals surface area contributed by atoms with Crippen LogP contribution in [0.25, 0.3) is 0 Å². The molecule has 0 atom stereocenters.